The Kier molecular flexibility index (Phi) is 5.05. The van der Waals surface area contributed by atoms with E-state index in [2.05, 4.69) is 25.4 Å². The summed E-state index contributed by atoms with van der Waals surface area (Å²) in [4.78, 5) is 15.5. The highest BCUT2D eigenvalue weighted by atomic mass is 16.8. The van der Waals surface area contributed by atoms with Gasteiger partial charge in [-0.05, 0) is 19.8 Å². The second-order valence-corrected chi connectivity index (χ2v) is 6.60. The summed E-state index contributed by atoms with van der Waals surface area (Å²) in [5.74, 6) is -0.800. The van der Waals surface area contributed by atoms with Crippen LogP contribution in [0.15, 0.2) is 52.2 Å². The Morgan fingerprint density at radius 2 is 1.89 bits per heavy atom. The first-order valence-corrected chi connectivity index (χ1v) is 9.38. The Morgan fingerprint density at radius 3 is 2.64 bits per heavy atom. The lowest BCUT2D eigenvalue weighted by molar-refractivity contribution is -0.254. The molecule has 9 heteroatoms. The van der Waals surface area contributed by atoms with Gasteiger partial charge in [0.15, 0.2) is 5.82 Å². The number of aromatic amines is 1. The summed E-state index contributed by atoms with van der Waals surface area (Å²) in [6.07, 6.45) is 4.25. The van der Waals surface area contributed by atoms with E-state index in [0.717, 1.165) is 24.8 Å². The van der Waals surface area contributed by atoms with Crippen LogP contribution in [-0.2, 0) is 19.0 Å². The second kappa shape index (κ2) is 7.79. The van der Waals surface area contributed by atoms with E-state index in [1.807, 2.05) is 30.3 Å². The van der Waals surface area contributed by atoms with Crippen molar-refractivity contribution in [2.24, 2.45) is 10.2 Å². The Hall–Kier alpha value is -3.23. The van der Waals surface area contributed by atoms with E-state index in [0.29, 0.717) is 25.3 Å². The van der Waals surface area contributed by atoms with E-state index in [1.165, 1.54) is 0 Å². The number of carbonyl (C=O) groups is 1. The third-order valence-corrected chi connectivity index (χ3v) is 4.60. The number of aromatic nitrogens is 3. The molecule has 1 spiro atoms. The largest absolute Gasteiger partial charge is 0.464 e. The van der Waals surface area contributed by atoms with E-state index >= 15 is 0 Å². The zero-order valence-corrected chi connectivity index (χ0v) is 15.6. The summed E-state index contributed by atoms with van der Waals surface area (Å²) < 4.78 is 17.0. The van der Waals surface area contributed by atoms with Crippen LogP contribution >= 0.6 is 0 Å². The monoisotopic (exact) mass is 383 g/mol. The number of hydrogen-bond acceptors (Lipinski definition) is 8. The summed E-state index contributed by atoms with van der Waals surface area (Å²) in [7, 11) is 0. The molecule has 2 aromatic rings. The van der Waals surface area contributed by atoms with Gasteiger partial charge in [0.2, 0.25) is 0 Å². The van der Waals surface area contributed by atoms with Crippen molar-refractivity contribution in [3.63, 3.8) is 0 Å². The van der Waals surface area contributed by atoms with E-state index in [9.17, 15) is 4.79 Å². The van der Waals surface area contributed by atoms with Crippen LogP contribution in [0.1, 0.15) is 39.0 Å². The van der Waals surface area contributed by atoms with Gasteiger partial charge in [-0.1, -0.05) is 36.8 Å². The lowest BCUT2D eigenvalue weighted by atomic mass is 9.93. The van der Waals surface area contributed by atoms with Gasteiger partial charge in [0, 0.05) is 18.4 Å². The Balaban J connectivity index is 1.57. The number of nitrogens with one attached hydrogen (secondary N) is 1. The van der Waals surface area contributed by atoms with Gasteiger partial charge < -0.3 is 19.2 Å². The van der Waals surface area contributed by atoms with Crippen molar-refractivity contribution in [3.05, 3.63) is 42.0 Å². The van der Waals surface area contributed by atoms with Crippen LogP contribution in [-0.4, -0.2) is 33.5 Å². The van der Waals surface area contributed by atoms with Gasteiger partial charge in [0.1, 0.15) is 0 Å². The van der Waals surface area contributed by atoms with E-state index < -0.39 is 11.8 Å². The van der Waals surface area contributed by atoms with Crippen LogP contribution in [0.2, 0.25) is 0 Å². The molecule has 4 rings (SSSR count). The molecule has 0 bridgehead atoms. The highest BCUT2D eigenvalue weighted by Crippen LogP contribution is 2.39. The van der Waals surface area contributed by atoms with Gasteiger partial charge in [-0.15, -0.1) is 20.4 Å². The van der Waals surface area contributed by atoms with Crippen LogP contribution in [0.3, 0.4) is 0 Å². The number of benzene rings is 1. The zero-order chi connectivity index (χ0) is 19.4. The Bertz CT molecular complexity index is 900. The highest BCUT2D eigenvalue weighted by molar-refractivity contribution is 5.89. The van der Waals surface area contributed by atoms with Crippen LogP contribution in [0.4, 0.5) is 5.95 Å². The molecule has 0 saturated heterocycles. The predicted octanol–water partition coefficient (Wildman–Crippen LogP) is 3.99. The molecule has 0 amide bonds. The summed E-state index contributed by atoms with van der Waals surface area (Å²) in [5.41, 5.74) is 0.751. The number of nitrogens with zero attached hydrogens (tertiary/aromatic N) is 4. The minimum Gasteiger partial charge on any atom is -0.464 e. The third kappa shape index (κ3) is 3.73. The predicted molar refractivity (Wildman–Crippen MR) is 98.0 cm³/mol. The molecule has 146 valence electrons. The van der Waals surface area contributed by atoms with Gasteiger partial charge in [0.05, 0.1) is 6.61 Å². The highest BCUT2D eigenvalue weighted by Gasteiger charge is 2.45. The molecule has 1 aromatic carbocycles. The maximum absolute atomic E-state index is 12.6. The van der Waals surface area contributed by atoms with Crippen molar-refractivity contribution >= 4 is 11.9 Å². The quantitative estimate of drug-likeness (QED) is 0.617. The standard InChI is InChI=1S/C19H21N5O4/c1-2-26-17-14(16(25)27-19(28-17)11-7-4-8-12-19)21-23-18-20-15(22-24-18)13-9-5-3-6-10-13/h3,5-6,9-10H,2,4,7-8,11-12H2,1H3,(H,20,22,24)/b23-21+. The van der Waals surface area contributed by atoms with Crippen molar-refractivity contribution in [1.29, 1.82) is 0 Å². The lowest BCUT2D eigenvalue weighted by Gasteiger charge is -2.39. The van der Waals surface area contributed by atoms with Crippen molar-refractivity contribution in [3.8, 4) is 11.4 Å². The molecule has 1 N–H and O–H groups in total. The average Bonchev–Trinajstić information content (AvgIpc) is 3.18. The molecule has 9 nitrogen and oxygen atoms in total. The summed E-state index contributed by atoms with van der Waals surface area (Å²) >= 11 is 0. The van der Waals surface area contributed by atoms with Crippen LogP contribution < -0.4 is 0 Å². The van der Waals surface area contributed by atoms with Crippen molar-refractivity contribution in [2.75, 3.05) is 6.61 Å². The van der Waals surface area contributed by atoms with Gasteiger partial charge in [-0.2, -0.15) is 0 Å². The van der Waals surface area contributed by atoms with Gasteiger partial charge >= 0.3 is 11.9 Å². The maximum Gasteiger partial charge on any atom is 0.369 e. The molecule has 1 fully saturated rings. The fourth-order valence-corrected chi connectivity index (χ4v) is 3.27. The number of azo groups is 1. The van der Waals surface area contributed by atoms with Crippen LogP contribution in [0, 0.1) is 0 Å². The molecule has 2 aliphatic rings. The number of esters is 1. The SMILES string of the molecule is CCOC1=C(/N=N/c2nnc(-c3ccccc3)[nH]2)C(=O)OC2(CCCCC2)O1. The first-order chi connectivity index (χ1) is 13.7. The molecule has 1 aliphatic carbocycles. The minimum atomic E-state index is -0.953. The normalized spacial score (nSPS) is 19.0. The lowest BCUT2D eigenvalue weighted by Crippen LogP contribution is -2.44. The molecule has 0 unspecified atom stereocenters. The number of rotatable bonds is 5. The first kappa shape index (κ1) is 18.1. The first-order valence-electron chi connectivity index (χ1n) is 9.38. The van der Waals surface area contributed by atoms with Crippen molar-refractivity contribution < 1.29 is 19.0 Å². The maximum atomic E-state index is 12.6. The fourth-order valence-electron chi connectivity index (χ4n) is 3.27. The molecule has 0 radical (unpaired) electrons. The topological polar surface area (TPSA) is 111 Å². The molecule has 28 heavy (non-hydrogen) atoms. The number of ether oxygens (including phenoxy) is 3. The molecule has 0 atom stereocenters. The van der Waals surface area contributed by atoms with E-state index in [4.69, 9.17) is 14.2 Å². The molecule has 1 aliphatic heterocycles. The number of hydrogen-bond donors (Lipinski definition) is 1. The smallest absolute Gasteiger partial charge is 0.369 e. The zero-order valence-electron chi connectivity index (χ0n) is 15.6. The van der Waals surface area contributed by atoms with E-state index in [-0.39, 0.29) is 17.6 Å². The van der Waals surface area contributed by atoms with Crippen molar-refractivity contribution in [1.82, 2.24) is 15.2 Å². The summed E-state index contributed by atoms with van der Waals surface area (Å²) in [6, 6.07) is 9.50. The molecular formula is C19H21N5O4. The van der Waals surface area contributed by atoms with Gasteiger partial charge in [0.25, 0.3) is 17.4 Å². The molecular weight excluding hydrogens is 362 g/mol. The van der Waals surface area contributed by atoms with Crippen LogP contribution in [0.25, 0.3) is 11.4 Å². The second-order valence-electron chi connectivity index (χ2n) is 6.60. The van der Waals surface area contributed by atoms with Crippen molar-refractivity contribution in [2.45, 2.75) is 44.8 Å². The van der Waals surface area contributed by atoms with E-state index in [1.54, 1.807) is 6.92 Å². The number of carbonyl (C=O) groups excluding carboxylic acids is 1. The summed E-state index contributed by atoms with van der Waals surface area (Å²) in [6.45, 7) is 2.14. The molecule has 2 heterocycles. The van der Waals surface area contributed by atoms with Gasteiger partial charge in [-0.25, -0.2) is 4.79 Å². The number of H-pyrrole nitrogens is 1. The summed E-state index contributed by atoms with van der Waals surface area (Å²) in [5, 5.41) is 15.9. The Morgan fingerprint density at radius 1 is 1.11 bits per heavy atom. The average molecular weight is 383 g/mol. The molecule has 1 saturated carbocycles. The third-order valence-electron chi connectivity index (χ3n) is 4.60. The van der Waals surface area contributed by atoms with Gasteiger partial charge in [-0.3, -0.25) is 0 Å². The minimum absolute atomic E-state index is 0.0483. The van der Waals surface area contributed by atoms with Crippen LogP contribution in [0.5, 0.6) is 0 Å². The molecule has 1 aromatic heterocycles. The fraction of sp³-hybridized carbons (Fsp3) is 0.421. The Labute approximate surface area is 161 Å².